The molecule has 3 aromatic heterocycles. The Morgan fingerprint density at radius 2 is 1.03 bits per heavy atom. The third-order valence-corrected chi connectivity index (χ3v) is 15.4. The van der Waals surface area contributed by atoms with Crippen molar-refractivity contribution >= 4 is 83.3 Å². The quantitative estimate of drug-likeness (QED) is 0.151. The summed E-state index contributed by atoms with van der Waals surface area (Å²) in [5, 5.41) is 7.46. The van der Waals surface area contributed by atoms with Crippen molar-refractivity contribution in [3.05, 3.63) is 137 Å². The average molecular weight is 863 g/mol. The lowest BCUT2D eigenvalue weighted by Gasteiger charge is -2.36. The molecule has 0 unspecified atom stereocenters. The molecule has 12 rings (SSSR count). The Morgan fingerprint density at radius 1 is 0.424 bits per heavy atom. The maximum absolute atomic E-state index is 7.31. The van der Waals surface area contributed by atoms with E-state index in [0.29, 0.717) is 0 Å². The van der Waals surface area contributed by atoms with Crippen LogP contribution in [-0.2, 0) is 27.1 Å². The van der Waals surface area contributed by atoms with Crippen molar-refractivity contribution < 1.29 is 4.42 Å². The van der Waals surface area contributed by atoms with Crippen molar-refractivity contribution in [2.45, 2.75) is 131 Å². The zero-order chi connectivity index (χ0) is 46.5. The zero-order valence-corrected chi connectivity index (χ0v) is 41.8. The van der Waals surface area contributed by atoms with Gasteiger partial charge in [0.05, 0.1) is 16.4 Å². The van der Waals surface area contributed by atoms with Crippen LogP contribution in [0.2, 0.25) is 0 Å². The highest BCUT2D eigenvalue weighted by Crippen LogP contribution is 2.49. The summed E-state index contributed by atoms with van der Waals surface area (Å²) >= 11 is 0. The lowest BCUT2D eigenvalue weighted by molar-refractivity contribution is 0.573. The fraction of sp³-hybridized carbons (Fsp3) is 0.323. The number of fused-ring (bicyclic) bond motifs is 14. The van der Waals surface area contributed by atoms with Crippen molar-refractivity contribution in [1.29, 1.82) is 0 Å². The van der Waals surface area contributed by atoms with E-state index < -0.39 is 0 Å². The van der Waals surface area contributed by atoms with Crippen LogP contribution >= 0.6 is 0 Å². The molecular weight excluding hydrogens is 800 g/mol. The third kappa shape index (κ3) is 5.69. The number of nitrogens with zero attached hydrogens (tertiary/aromatic N) is 2. The molecule has 2 aliphatic rings. The van der Waals surface area contributed by atoms with Crippen LogP contribution in [0.25, 0.3) is 93.5 Å². The van der Waals surface area contributed by atoms with Crippen LogP contribution in [0.15, 0.2) is 114 Å². The highest BCUT2D eigenvalue weighted by Gasteiger charge is 2.43. The Balaban J connectivity index is 1.30. The van der Waals surface area contributed by atoms with Crippen LogP contribution in [0.1, 0.15) is 132 Å². The van der Waals surface area contributed by atoms with Gasteiger partial charge >= 0.3 is 6.85 Å². The van der Waals surface area contributed by atoms with E-state index in [1.54, 1.807) is 0 Å². The first-order chi connectivity index (χ1) is 30.9. The van der Waals surface area contributed by atoms with Crippen molar-refractivity contribution in [1.82, 2.24) is 9.05 Å². The monoisotopic (exact) mass is 863 g/mol. The van der Waals surface area contributed by atoms with Gasteiger partial charge in [0.2, 0.25) is 0 Å². The van der Waals surface area contributed by atoms with Crippen molar-refractivity contribution in [3.63, 3.8) is 0 Å². The smallest absolute Gasteiger partial charge is 0.333 e. The molecule has 3 nitrogen and oxygen atoms in total. The van der Waals surface area contributed by atoms with Gasteiger partial charge in [-0.2, -0.15) is 0 Å². The highest BCUT2D eigenvalue weighted by molar-refractivity contribution is 6.90. The lowest BCUT2D eigenvalue weighted by atomic mass is 9.45. The Bertz CT molecular complexity index is 3750. The number of aromatic nitrogens is 2. The Hall–Kier alpha value is -6.00. The molecule has 0 saturated carbocycles. The van der Waals surface area contributed by atoms with Crippen molar-refractivity contribution in [2.24, 2.45) is 0 Å². The first-order valence-corrected chi connectivity index (χ1v) is 24.3. The molecule has 0 aliphatic carbocycles. The van der Waals surface area contributed by atoms with Crippen LogP contribution in [0.5, 0.6) is 0 Å². The van der Waals surface area contributed by atoms with Gasteiger partial charge in [0.25, 0.3) is 0 Å². The van der Waals surface area contributed by atoms with Crippen LogP contribution in [-0.4, -0.2) is 15.9 Å². The summed E-state index contributed by atoms with van der Waals surface area (Å²) in [5.41, 5.74) is 22.7. The van der Waals surface area contributed by atoms with Crippen LogP contribution in [0, 0.1) is 0 Å². The first-order valence-electron chi connectivity index (χ1n) is 24.3. The van der Waals surface area contributed by atoms with Gasteiger partial charge in [-0.1, -0.05) is 165 Å². The number of rotatable bonds is 1. The van der Waals surface area contributed by atoms with E-state index in [-0.39, 0.29) is 33.9 Å². The SMILES string of the molecule is CC(C)(C)c1ccc(-c2cc3c4c(c2)c2c5oc6c(C(C)(C)C)cccc6c5ccc2n4-c2cc(C(C)(C)C)cc4c2B3n2c3ccc(C(C)(C)C)cc3c3cc(C(C)(C)C)cc-4c32)cc1. The number of furan rings is 1. The molecular formula is C62H63BN2O. The molecule has 0 radical (unpaired) electrons. The van der Waals surface area contributed by atoms with E-state index in [9.17, 15) is 0 Å². The molecule has 7 aromatic carbocycles. The lowest BCUT2D eigenvalue weighted by Crippen LogP contribution is -2.55. The molecule has 2 aliphatic heterocycles. The summed E-state index contributed by atoms with van der Waals surface area (Å²) in [6.07, 6.45) is 0. The number of para-hydroxylation sites is 1. The average Bonchev–Trinajstić information content (AvgIpc) is 3.90. The first kappa shape index (κ1) is 41.4. The standard InChI is InChI=1S/C62H63BN2O/c1-58(2,3)36-21-19-34(20-22-36)35-27-46-52-50(26-24-41-40-17-16-18-47(62(13,14)15)56(40)66-57(41)52)64-51-33-39(61(10,11)12)30-43-45-32-38(60(7,8)9)31-44-42-29-37(59(4,5)6)23-25-49(42)65(54(44)45)63(53(43)51)48(28-35)55(46)64/h16-33H,1-15H3. The molecule has 0 saturated heterocycles. The van der Waals surface area contributed by atoms with Crippen molar-refractivity contribution in [2.75, 3.05) is 0 Å². The topological polar surface area (TPSA) is 23.0 Å². The van der Waals surface area contributed by atoms with E-state index >= 15 is 0 Å². The summed E-state index contributed by atoms with van der Waals surface area (Å²) in [6.45, 7) is 34.9. The molecule has 0 atom stereocenters. The van der Waals surface area contributed by atoms with Crippen LogP contribution < -0.4 is 10.9 Å². The summed E-state index contributed by atoms with van der Waals surface area (Å²) in [7, 11) is 0. The molecule has 0 fully saturated rings. The van der Waals surface area contributed by atoms with Crippen molar-refractivity contribution in [3.8, 4) is 27.9 Å². The van der Waals surface area contributed by atoms with E-state index in [4.69, 9.17) is 4.42 Å². The van der Waals surface area contributed by atoms with Gasteiger partial charge in [-0.25, -0.2) is 0 Å². The predicted octanol–water partition coefficient (Wildman–Crippen LogP) is 15.9. The minimum Gasteiger partial charge on any atom is -0.455 e. The minimum absolute atomic E-state index is 0.00937. The molecule has 330 valence electrons. The predicted molar refractivity (Wildman–Crippen MR) is 286 cm³/mol. The minimum atomic E-state index is -0.0890. The normalized spacial score (nSPS) is 14.3. The van der Waals surface area contributed by atoms with E-state index in [2.05, 4.69) is 222 Å². The molecule has 0 spiro atoms. The Kier molecular flexibility index (Phi) is 8.11. The van der Waals surface area contributed by atoms with Crippen LogP contribution in [0.4, 0.5) is 0 Å². The second-order valence-corrected chi connectivity index (χ2v) is 25.1. The van der Waals surface area contributed by atoms with Gasteiger partial charge in [-0.3, -0.25) is 0 Å². The molecule has 66 heavy (non-hydrogen) atoms. The summed E-state index contributed by atoms with van der Waals surface area (Å²) in [5.74, 6) is 0. The third-order valence-electron chi connectivity index (χ3n) is 15.4. The molecule has 10 aromatic rings. The summed E-state index contributed by atoms with van der Waals surface area (Å²) in [6, 6.07) is 43.3. The van der Waals surface area contributed by atoms with Gasteiger partial charge in [-0.05, 0) is 125 Å². The molecule has 0 N–H and O–H groups in total. The van der Waals surface area contributed by atoms with Gasteiger partial charge in [-0.15, -0.1) is 0 Å². The summed E-state index contributed by atoms with van der Waals surface area (Å²) in [4.78, 5) is 0. The second-order valence-electron chi connectivity index (χ2n) is 25.1. The van der Waals surface area contributed by atoms with Gasteiger partial charge in [0, 0.05) is 54.8 Å². The maximum Gasteiger partial charge on any atom is 0.333 e. The van der Waals surface area contributed by atoms with Crippen LogP contribution in [0.3, 0.4) is 0 Å². The number of benzene rings is 7. The number of hydrogen-bond donors (Lipinski definition) is 0. The molecule has 0 amide bonds. The molecule has 4 heteroatoms. The zero-order valence-electron chi connectivity index (χ0n) is 41.8. The molecule has 0 bridgehead atoms. The second kappa shape index (κ2) is 12.9. The van der Waals surface area contributed by atoms with Gasteiger partial charge in [0.15, 0.2) is 0 Å². The largest absolute Gasteiger partial charge is 0.455 e. The fourth-order valence-corrected chi connectivity index (χ4v) is 11.6. The number of hydrogen-bond acceptors (Lipinski definition) is 1. The Labute approximate surface area is 390 Å². The fourth-order valence-electron chi connectivity index (χ4n) is 11.6. The molecule has 5 heterocycles. The highest BCUT2D eigenvalue weighted by atomic mass is 16.3. The van der Waals surface area contributed by atoms with Gasteiger partial charge < -0.3 is 13.5 Å². The maximum atomic E-state index is 7.31. The van der Waals surface area contributed by atoms with Gasteiger partial charge in [0.1, 0.15) is 11.2 Å². The summed E-state index contributed by atoms with van der Waals surface area (Å²) < 4.78 is 12.7. The van der Waals surface area contributed by atoms with E-state index in [0.717, 1.165) is 11.2 Å². The van der Waals surface area contributed by atoms with E-state index in [1.807, 2.05) is 0 Å². The van der Waals surface area contributed by atoms with E-state index in [1.165, 1.54) is 121 Å². The Morgan fingerprint density at radius 3 is 1.70 bits per heavy atom.